The maximum atomic E-state index is 12.7. The lowest BCUT2D eigenvalue weighted by Gasteiger charge is -2.23. The van der Waals surface area contributed by atoms with E-state index >= 15 is 0 Å². The number of carbonyl (C=O) groups is 1. The topological polar surface area (TPSA) is 20.3 Å². The van der Waals surface area contributed by atoms with Crippen LogP contribution in [0.3, 0.4) is 0 Å². The van der Waals surface area contributed by atoms with E-state index in [1.54, 1.807) is 6.07 Å². The highest BCUT2D eigenvalue weighted by atomic mass is 79.9. The van der Waals surface area contributed by atoms with Gasteiger partial charge in [-0.15, -0.1) is 0 Å². The van der Waals surface area contributed by atoms with Gasteiger partial charge in [-0.05, 0) is 24.1 Å². The number of aryl methyl sites for hydroxylation is 1. The van der Waals surface area contributed by atoms with Gasteiger partial charge in [0.25, 0.3) is 5.91 Å². The van der Waals surface area contributed by atoms with Crippen LogP contribution in [-0.4, -0.2) is 22.7 Å². The summed E-state index contributed by atoms with van der Waals surface area (Å²) in [6.07, 6.45) is 0. The van der Waals surface area contributed by atoms with Crippen molar-refractivity contribution in [1.82, 2.24) is 4.90 Å². The van der Waals surface area contributed by atoms with Gasteiger partial charge in [-0.25, -0.2) is 0 Å². The summed E-state index contributed by atoms with van der Waals surface area (Å²) in [4.78, 5) is 14.5. The highest BCUT2D eigenvalue weighted by Gasteiger charge is 2.18. The highest BCUT2D eigenvalue weighted by Crippen LogP contribution is 2.22. The van der Waals surface area contributed by atoms with Crippen LogP contribution >= 0.6 is 27.5 Å². The first kappa shape index (κ1) is 16.1. The predicted molar refractivity (Wildman–Crippen MR) is 91.2 cm³/mol. The minimum Gasteiger partial charge on any atom is -0.333 e. The minimum atomic E-state index is -0.0352. The molecule has 0 fully saturated rings. The maximum Gasteiger partial charge on any atom is 0.255 e. The first-order valence-electron chi connectivity index (χ1n) is 6.77. The molecule has 21 heavy (non-hydrogen) atoms. The Kier molecular flexibility index (Phi) is 5.83. The number of rotatable bonds is 5. The summed E-state index contributed by atoms with van der Waals surface area (Å²) in [5.41, 5.74) is 2.59. The van der Waals surface area contributed by atoms with E-state index < -0.39 is 0 Å². The second-order valence-electron chi connectivity index (χ2n) is 4.84. The van der Waals surface area contributed by atoms with Crippen LogP contribution in [0.15, 0.2) is 48.5 Å². The second-order valence-corrected chi connectivity index (χ2v) is 6.01. The molecule has 0 aliphatic carbocycles. The molecule has 2 rings (SSSR count). The van der Waals surface area contributed by atoms with Crippen LogP contribution in [0.25, 0.3) is 0 Å². The lowest BCUT2D eigenvalue weighted by molar-refractivity contribution is 0.0755. The number of alkyl halides is 1. The van der Waals surface area contributed by atoms with E-state index in [2.05, 4.69) is 15.9 Å². The summed E-state index contributed by atoms with van der Waals surface area (Å²) in [5.74, 6) is -0.0352. The van der Waals surface area contributed by atoms with Crippen molar-refractivity contribution >= 4 is 33.4 Å². The fourth-order valence-electron chi connectivity index (χ4n) is 2.14. The molecule has 0 N–H and O–H groups in total. The monoisotopic (exact) mass is 365 g/mol. The molecule has 0 aliphatic rings. The average Bonchev–Trinajstić information content (AvgIpc) is 2.50. The number of hydrogen-bond acceptors (Lipinski definition) is 1. The molecular weight excluding hydrogens is 350 g/mol. The van der Waals surface area contributed by atoms with Gasteiger partial charge >= 0.3 is 0 Å². The summed E-state index contributed by atoms with van der Waals surface area (Å²) in [5, 5.41) is 1.27. The zero-order valence-electron chi connectivity index (χ0n) is 11.9. The molecule has 0 heterocycles. The molecule has 0 saturated heterocycles. The fourth-order valence-corrected chi connectivity index (χ4v) is 2.78. The third-order valence-electron chi connectivity index (χ3n) is 3.28. The van der Waals surface area contributed by atoms with E-state index in [0.717, 1.165) is 16.5 Å². The quantitative estimate of drug-likeness (QED) is 0.703. The van der Waals surface area contributed by atoms with Gasteiger partial charge in [0, 0.05) is 18.4 Å². The molecule has 4 heteroatoms. The van der Waals surface area contributed by atoms with Crippen molar-refractivity contribution in [3.8, 4) is 0 Å². The normalized spacial score (nSPS) is 10.4. The highest BCUT2D eigenvalue weighted by molar-refractivity contribution is 9.09. The molecule has 0 aromatic heterocycles. The number of halogens is 2. The van der Waals surface area contributed by atoms with Crippen molar-refractivity contribution in [3.63, 3.8) is 0 Å². The summed E-state index contributed by atoms with van der Waals surface area (Å²) in [6.45, 7) is 3.12. The van der Waals surface area contributed by atoms with Gasteiger partial charge in [0.1, 0.15) is 0 Å². The smallest absolute Gasteiger partial charge is 0.255 e. The molecule has 0 saturated carbocycles. The summed E-state index contributed by atoms with van der Waals surface area (Å²) in [6, 6.07) is 15.5. The number of hydrogen-bond donors (Lipinski definition) is 0. The molecule has 2 aromatic rings. The molecule has 2 nitrogen and oxygen atoms in total. The Morgan fingerprint density at radius 2 is 1.86 bits per heavy atom. The average molecular weight is 367 g/mol. The lowest BCUT2D eigenvalue weighted by atomic mass is 10.1. The van der Waals surface area contributed by atoms with E-state index in [0.29, 0.717) is 23.7 Å². The fraction of sp³-hybridized carbons (Fsp3) is 0.235. The summed E-state index contributed by atoms with van der Waals surface area (Å²) in [7, 11) is 0. The molecule has 0 bridgehead atoms. The zero-order chi connectivity index (χ0) is 15.2. The van der Waals surface area contributed by atoms with Crippen LogP contribution in [-0.2, 0) is 6.54 Å². The van der Waals surface area contributed by atoms with Gasteiger partial charge in [0.15, 0.2) is 0 Å². The largest absolute Gasteiger partial charge is 0.333 e. The van der Waals surface area contributed by atoms with E-state index in [9.17, 15) is 4.79 Å². The van der Waals surface area contributed by atoms with Crippen LogP contribution in [0.4, 0.5) is 0 Å². The van der Waals surface area contributed by atoms with Crippen LogP contribution in [0, 0.1) is 6.92 Å². The Labute approximate surface area is 138 Å². The van der Waals surface area contributed by atoms with Gasteiger partial charge in [0.05, 0.1) is 10.6 Å². The van der Waals surface area contributed by atoms with Crippen molar-refractivity contribution in [3.05, 3.63) is 70.2 Å². The van der Waals surface area contributed by atoms with E-state index in [-0.39, 0.29) is 5.91 Å². The Balaban J connectivity index is 2.25. The Morgan fingerprint density at radius 3 is 2.52 bits per heavy atom. The number of amides is 1. The molecular formula is C17H17BrClNO. The van der Waals surface area contributed by atoms with Crippen molar-refractivity contribution in [2.75, 3.05) is 11.9 Å². The first-order valence-corrected chi connectivity index (χ1v) is 8.27. The minimum absolute atomic E-state index is 0.0352. The van der Waals surface area contributed by atoms with E-state index in [1.165, 1.54) is 0 Å². The first-order chi connectivity index (χ1) is 10.1. The van der Waals surface area contributed by atoms with Gasteiger partial charge in [0.2, 0.25) is 0 Å². The molecule has 0 atom stereocenters. The van der Waals surface area contributed by atoms with Crippen molar-refractivity contribution < 1.29 is 4.79 Å². The van der Waals surface area contributed by atoms with Gasteiger partial charge in [-0.2, -0.15) is 0 Å². The van der Waals surface area contributed by atoms with E-state index in [4.69, 9.17) is 11.6 Å². The molecule has 0 unspecified atom stereocenters. The standard InChI is InChI=1S/C17H17BrClNO/c1-13-6-5-9-15(16(13)19)17(21)20(11-10-18)12-14-7-3-2-4-8-14/h2-9H,10-12H2,1H3. The maximum absolute atomic E-state index is 12.7. The Hall–Kier alpha value is -1.32. The molecule has 110 valence electrons. The summed E-state index contributed by atoms with van der Waals surface area (Å²) >= 11 is 9.69. The molecule has 2 aromatic carbocycles. The van der Waals surface area contributed by atoms with Crippen LogP contribution < -0.4 is 0 Å². The van der Waals surface area contributed by atoms with Gasteiger partial charge < -0.3 is 4.90 Å². The summed E-state index contributed by atoms with van der Waals surface area (Å²) < 4.78 is 0. The van der Waals surface area contributed by atoms with Crippen LogP contribution in [0.2, 0.25) is 5.02 Å². The third kappa shape index (κ3) is 4.08. The van der Waals surface area contributed by atoms with E-state index in [1.807, 2.05) is 54.3 Å². The number of carbonyl (C=O) groups excluding carboxylic acids is 1. The van der Waals surface area contributed by atoms with Crippen LogP contribution in [0.1, 0.15) is 21.5 Å². The van der Waals surface area contributed by atoms with Crippen LogP contribution in [0.5, 0.6) is 0 Å². The Morgan fingerprint density at radius 1 is 1.14 bits per heavy atom. The second kappa shape index (κ2) is 7.62. The molecule has 1 amide bonds. The predicted octanol–water partition coefficient (Wildman–Crippen LogP) is 4.69. The number of benzene rings is 2. The van der Waals surface area contributed by atoms with Crippen molar-refractivity contribution in [2.45, 2.75) is 13.5 Å². The van der Waals surface area contributed by atoms with Crippen molar-refractivity contribution in [2.24, 2.45) is 0 Å². The van der Waals surface area contributed by atoms with Gasteiger partial charge in [-0.3, -0.25) is 4.79 Å². The zero-order valence-corrected chi connectivity index (χ0v) is 14.2. The molecule has 0 aliphatic heterocycles. The lowest BCUT2D eigenvalue weighted by Crippen LogP contribution is -2.32. The molecule has 0 radical (unpaired) electrons. The van der Waals surface area contributed by atoms with Gasteiger partial charge in [-0.1, -0.05) is 70.0 Å². The Bertz CT molecular complexity index is 615. The molecule has 0 spiro atoms. The third-order valence-corrected chi connectivity index (χ3v) is 4.14. The SMILES string of the molecule is Cc1cccc(C(=O)N(CCBr)Cc2ccccc2)c1Cl. The number of nitrogens with zero attached hydrogens (tertiary/aromatic N) is 1. The van der Waals surface area contributed by atoms with Crippen molar-refractivity contribution in [1.29, 1.82) is 0 Å².